The van der Waals surface area contributed by atoms with E-state index in [1.54, 1.807) is 12.1 Å². The first kappa shape index (κ1) is 25.1. The average Bonchev–Trinajstić information content (AvgIpc) is 3.49. The molecule has 1 aliphatic carbocycles. The SMILES string of the molecule is Cc1ccnc(-c2cc(C)c(-c3ccc(F)c4c3CC[C@H]4Oc3ccc4c(c3)OCC4CC(=O)O)c(C)c2)c1. The summed E-state index contributed by atoms with van der Waals surface area (Å²) >= 11 is 0. The topological polar surface area (TPSA) is 68.7 Å². The molecule has 1 unspecified atom stereocenters. The van der Waals surface area contributed by atoms with Crippen molar-refractivity contribution >= 4 is 5.97 Å². The molecule has 0 radical (unpaired) electrons. The highest BCUT2D eigenvalue weighted by molar-refractivity contribution is 5.79. The molecule has 39 heavy (non-hydrogen) atoms. The van der Waals surface area contributed by atoms with E-state index in [4.69, 9.17) is 14.6 Å². The van der Waals surface area contributed by atoms with Gasteiger partial charge in [0.25, 0.3) is 0 Å². The molecule has 4 aromatic rings. The van der Waals surface area contributed by atoms with Crippen molar-refractivity contribution in [3.63, 3.8) is 0 Å². The molecule has 1 aliphatic heterocycles. The second-order valence-electron chi connectivity index (χ2n) is 10.6. The molecule has 6 heteroatoms. The summed E-state index contributed by atoms with van der Waals surface area (Å²) < 4.78 is 27.3. The van der Waals surface area contributed by atoms with E-state index >= 15 is 4.39 Å². The number of carboxylic acid groups (broad SMARTS) is 1. The fraction of sp³-hybridized carbons (Fsp3) is 0.273. The normalized spacial score (nSPS) is 17.4. The Morgan fingerprint density at radius 2 is 1.87 bits per heavy atom. The third-order valence-corrected chi connectivity index (χ3v) is 7.86. The number of ether oxygens (including phenoxy) is 2. The molecule has 3 aromatic carbocycles. The summed E-state index contributed by atoms with van der Waals surface area (Å²) in [6.07, 6.45) is 2.84. The largest absolute Gasteiger partial charge is 0.492 e. The highest BCUT2D eigenvalue weighted by atomic mass is 19.1. The summed E-state index contributed by atoms with van der Waals surface area (Å²) in [7, 11) is 0. The van der Waals surface area contributed by atoms with Gasteiger partial charge in [-0.05, 0) is 103 Å². The summed E-state index contributed by atoms with van der Waals surface area (Å²) in [5.74, 6) is -0.0441. The summed E-state index contributed by atoms with van der Waals surface area (Å²) in [4.78, 5) is 15.7. The number of aromatic nitrogens is 1. The van der Waals surface area contributed by atoms with Gasteiger partial charge in [-0.15, -0.1) is 0 Å². The van der Waals surface area contributed by atoms with E-state index in [1.807, 2.05) is 30.5 Å². The van der Waals surface area contributed by atoms with Crippen molar-refractivity contribution in [3.05, 3.63) is 100.0 Å². The van der Waals surface area contributed by atoms with Crippen molar-refractivity contribution < 1.29 is 23.8 Å². The maximum Gasteiger partial charge on any atom is 0.304 e. The molecule has 2 atom stereocenters. The number of nitrogens with zero attached hydrogens (tertiary/aromatic N) is 1. The first-order valence-corrected chi connectivity index (χ1v) is 13.3. The third-order valence-electron chi connectivity index (χ3n) is 7.86. The van der Waals surface area contributed by atoms with E-state index in [2.05, 4.69) is 44.0 Å². The lowest BCUT2D eigenvalue weighted by Crippen LogP contribution is -2.07. The zero-order valence-electron chi connectivity index (χ0n) is 22.3. The second-order valence-corrected chi connectivity index (χ2v) is 10.6. The van der Waals surface area contributed by atoms with Crippen LogP contribution in [0, 0.1) is 26.6 Å². The Hall–Kier alpha value is -4.19. The van der Waals surface area contributed by atoms with Crippen molar-refractivity contribution in [2.45, 2.75) is 52.1 Å². The predicted octanol–water partition coefficient (Wildman–Crippen LogP) is 7.50. The molecule has 2 heterocycles. The molecule has 0 bridgehead atoms. The Balaban J connectivity index is 1.31. The molecule has 5 nitrogen and oxygen atoms in total. The van der Waals surface area contributed by atoms with Crippen LogP contribution in [0.25, 0.3) is 22.4 Å². The minimum absolute atomic E-state index is 0.0263. The van der Waals surface area contributed by atoms with Crippen molar-refractivity contribution in [2.75, 3.05) is 6.61 Å². The number of halogens is 1. The Morgan fingerprint density at radius 1 is 1.08 bits per heavy atom. The van der Waals surface area contributed by atoms with Gasteiger partial charge >= 0.3 is 5.97 Å². The molecule has 0 fully saturated rings. The molecule has 198 valence electrons. The Labute approximate surface area is 227 Å². The van der Waals surface area contributed by atoms with Gasteiger partial charge in [-0.25, -0.2) is 4.39 Å². The number of aliphatic carboxylic acids is 1. The van der Waals surface area contributed by atoms with Crippen molar-refractivity contribution in [1.82, 2.24) is 4.98 Å². The first-order chi connectivity index (χ1) is 18.8. The zero-order valence-corrected chi connectivity index (χ0v) is 22.3. The molecule has 1 aromatic heterocycles. The first-order valence-electron chi connectivity index (χ1n) is 13.3. The summed E-state index contributed by atoms with van der Waals surface area (Å²) in [6, 6.07) is 17.3. The number of rotatable bonds is 6. The van der Waals surface area contributed by atoms with Crippen LogP contribution in [0.5, 0.6) is 11.5 Å². The monoisotopic (exact) mass is 523 g/mol. The molecule has 6 rings (SSSR count). The number of fused-ring (bicyclic) bond motifs is 2. The van der Waals surface area contributed by atoms with E-state index in [-0.39, 0.29) is 18.2 Å². The number of hydrogen-bond acceptors (Lipinski definition) is 4. The minimum atomic E-state index is -0.849. The summed E-state index contributed by atoms with van der Waals surface area (Å²) in [5, 5.41) is 9.16. The van der Waals surface area contributed by atoms with Gasteiger partial charge in [0.15, 0.2) is 0 Å². The lowest BCUT2D eigenvalue weighted by molar-refractivity contribution is -0.137. The molecule has 0 spiro atoms. The number of benzene rings is 3. The highest BCUT2D eigenvalue weighted by Gasteiger charge is 2.32. The van der Waals surface area contributed by atoms with Gasteiger partial charge in [-0.2, -0.15) is 0 Å². The fourth-order valence-corrected chi connectivity index (χ4v) is 6.13. The Kier molecular flexibility index (Phi) is 6.34. The van der Waals surface area contributed by atoms with E-state index in [0.717, 1.165) is 56.6 Å². The third kappa shape index (κ3) is 4.65. The van der Waals surface area contributed by atoms with Gasteiger partial charge in [0.05, 0.1) is 18.7 Å². The van der Waals surface area contributed by atoms with Gasteiger partial charge in [-0.1, -0.05) is 12.1 Å². The number of carboxylic acids is 1. The van der Waals surface area contributed by atoms with Crippen molar-refractivity contribution in [2.24, 2.45) is 0 Å². The average molecular weight is 524 g/mol. The molecule has 0 saturated heterocycles. The number of hydrogen-bond donors (Lipinski definition) is 1. The van der Waals surface area contributed by atoms with Gasteiger partial charge in [0, 0.05) is 34.9 Å². The maximum absolute atomic E-state index is 15.3. The van der Waals surface area contributed by atoms with Crippen LogP contribution in [0.15, 0.2) is 60.8 Å². The van der Waals surface area contributed by atoms with Crippen LogP contribution in [-0.4, -0.2) is 22.7 Å². The molecule has 1 N–H and O–H groups in total. The van der Waals surface area contributed by atoms with Crippen LogP contribution >= 0.6 is 0 Å². The van der Waals surface area contributed by atoms with Gasteiger partial charge in [0.2, 0.25) is 0 Å². The van der Waals surface area contributed by atoms with Gasteiger partial charge in [0.1, 0.15) is 23.4 Å². The van der Waals surface area contributed by atoms with Crippen molar-refractivity contribution in [3.8, 4) is 33.9 Å². The molecule has 0 saturated carbocycles. The predicted molar refractivity (Wildman–Crippen MR) is 148 cm³/mol. The van der Waals surface area contributed by atoms with E-state index < -0.39 is 12.1 Å². The quantitative estimate of drug-likeness (QED) is 0.283. The van der Waals surface area contributed by atoms with Crippen LogP contribution in [0.2, 0.25) is 0 Å². The number of pyridine rings is 1. The van der Waals surface area contributed by atoms with Crippen LogP contribution in [-0.2, 0) is 11.2 Å². The second kappa shape index (κ2) is 9.84. The molecule has 2 aliphatic rings. The van der Waals surface area contributed by atoms with Gasteiger partial charge in [-0.3, -0.25) is 9.78 Å². The number of carbonyl (C=O) groups is 1. The lowest BCUT2D eigenvalue weighted by atomic mass is 9.88. The zero-order chi connectivity index (χ0) is 27.3. The van der Waals surface area contributed by atoms with Crippen molar-refractivity contribution in [1.29, 1.82) is 0 Å². The van der Waals surface area contributed by atoms with Crippen LogP contribution < -0.4 is 9.47 Å². The molecule has 0 amide bonds. The van der Waals surface area contributed by atoms with E-state index in [1.165, 1.54) is 0 Å². The van der Waals surface area contributed by atoms with E-state index in [0.29, 0.717) is 30.1 Å². The molecular weight excluding hydrogens is 493 g/mol. The summed E-state index contributed by atoms with van der Waals surface area (Å²) in [6.45, 7) is 6.60. The van der Waals surface area contributed by atoms with E-state index in [9.17, 15) is 4.79 Å². The fourth-order valence-electron chi connectivity index (χ4n) is 6.13. The Bertz CT molecular complexity index is 1590. The van der Waals surface area contributed by atoms with Crippen LogP contribution in [0.3, 0.4) is 0 Å². The molecular formula is C33H30FNO4. The highest BCUT2D eigenvalue weighted by Crippen LogP contribution is 2.45. The summed E-state index contributed by atoms with van der Waals surface area (Å²) in [5.41, 5.74) is 10.1. The minimum Gasteiger partial charge on any atom is -0.492 e. The smallest absolute Gasteiger partial charge is 0.304 e. The maximum atomic E-state index is 15.3. The lowest BCUT2D eigenvalue weighted by Gasteiger charge is -2.19. The van der Waals surface area contributed by atoms with Gasteiger partial charge < -0.3 is 14.6 Å². The Morgan fingerprint density at radius 3 is 2.62 bits per heavy atom. The van der Waals surface area contributed by atoms with Crippen LogP contribution in [0.1, 0.15) is 58.2 Å². The van der Waals surface area contributed by atoms with Crippen LogP contribution in [0.4, 0.5) is 4.39 Å². The standard InChI is InChI=1S/C33H30FNO4/c1-18-10-11-35-28(12-18)21-13-19(2)32(20(3)14-21)25-6-8-27(34)33-26(25)7-9-29(33)39-23-4-5-24-22(15-31(36)37)17-38-30(24)16-23/h4-6,8,10-14,16,22,29H,7,9,15,17H2,1-3H3,(H,36,37)/t22?,29-/m1/s1. The number of aryl methyl sites for hydroxylation is 3.